The van der Waals surface area contributed by atoms with Crippen LogP contribution in [0.5, 0.6) is 0 Å². The summed E-state index contributed by atoms with van der Waals surface area (Å²) in [6.07, 6.45) is -1.22. The average molecular weight is 670 g/mol. The van der Waals surface area contributed by atoms with Crippen molar-refractivity contribution in [2.75, 3.05) is 11.9 Å². The van der Waals surface area contributed by atoms with E-state index in [-0.39, 0.29) is 36.1 Å². The second kappa shape index (κ2) is 14.3. The van der Waals surface area contributed by atoms with Crippen LogP contribution in [0.25, 0.3) is 0 Å². The summed E-state index contributed by atoms with van der Waals surface area (Å²) < 4.78 is 44.0. The third-order valence-electron chi connectivity index (χ3n) is 6.54. The number of nitrogens with one attached hydrogen (secondary N) is 2. The Morgan fingerprint density at radius 2 is 1.81 bits per heavy atom. The molecular weight excluding hydrogens is 641 g/mol. The monoisotopic (exact) mass is 668 g/mol. The summed E-state index contributed by atoms with van der Waals surface area (Å²) >= 11 is 9.01. The number of carbonyl (C=O) groups excluding carboxylic acids is 1. The number of alkyl halides is 3. The lowest BCUT2D eigenvalue weighted by atomic mass is 10.1. The third kappa shape index (κ3) is 9.14. The minimum atomic E-state index is -4.52. The normalized spacial score (nSPS) is 11.8. The Labute approximate surface area is 261 Å². The SMILES string of the molecule is C[C@@H](CN(Cc1ccccc1C(F)(F)F)C(=S)Nc1ccc(Br)cc1)NC(=O)Cc1cncn1Cc1ccc(C#N)cc1. The predicted molar refractivity (Wildman–Crippen MR) is 166 cm³/mol. The van der Waals surface area contributed by atoms with Crippen molar-refractivity contribution >= 4 is 44.9 Å². The summed E-state index contributed by atoms with van der Waals surface area (Å²) in [5.74, 6) is -0.267. The van der Waals surface area contributed by atoms with Gasteiger partial charge in [-0.05, 0) is 72.7 Å². The van der Waals surface area contributed by atoms with Gasteiger partial charge in [-0.1, -0.05) is 46.3 Å². The summed E-state index contributed by atoms with van der Waals surface area (Å²) in [6, 6.07) is 21.4. The molecule has 0 saturated heterocycles. The van der Waals surface area contributed by atoms with Crippen molar-refractivity contribution in [2.45, 2.75) is 38.7 Å². The maximum atomic E-state index is 13.8. The predicted octanol–water partition coefficient (Wildman–Crippen LogP) is 6.53. The van der Waals surface area contributed by atoms with E-state index < -0.39 is 17.8 Å². The van der Waals surface area contributed by atoms with Gasteiger partial charge in [0.15, 0.2) is 5.11 Å². The Hall–Kier alpha value is -4.21. The highest BCUT2D eigenvalue weighted by Gasteiger charge is 2.33. The van der Waals surface area contributed by atoms with Crippen LogP contribution in [-0.4, -0.2) is 38.1 Å². The topological polar surface area (TPSA) is 86.0 Å². The molecule has 1 aromatic heterocycles. The number of nitriles is 1. The molecule has 3 aromatic carbocycles. The molecule has 4 aromatic rings. The first-order chi connectivity index (χ1) is 20.5. The molecular formula is C31H28BrF3N6OS. The molecule has 43 heavy (non-hydrogen) atoms. The van der Waals surface area contributed by atoms with E-state index in [0.29, 0.717) is 23.5 Å². The number of carbonyl (C=O) groups is 1. The fourth-order valence-corrected chi connectivity index (χ4v) is 5.00. The smallest absolute Gasteiger partial charge is 0.352 e. The van der Waals surface area contributed by atoms with Crippen molar-refractivity contribution in [3.8, 4) is 6.07 Å². The fraction of sp³-hybridized carbons (Fsp3) is 0.226. The van der Waals surface area contributed by atoms with E-state index >= 15 is 0 Å². The Morgan fingerprint density at radius 3 is 2.49 bits per heavy atom. The molecule has 0 aliphatic rings. The molecule has 12 heteroatoms. The van der Waals surface area contributed by atoms with Crippen LogP contribution in [0, 0.1) is 11.3 Å². The maximum absolute atomic E-state index is 13.8. The number of hydrogen-bond acceptors (Lipinski definition) is 4. The van der Waals surface area contributed by atoms with Crippen LogP contribution in [0.1, 0.15) is 34.9 Å². The van der Waals surface area contributed by atoms with Crippen LogP contribution in [0.4, 0.5) is 18.9 Å². The van der Waals surface area contributed by atoms with Crippen molar-refractivity contribution in [3.05, 3.63) is 118 Å². The summed E-state index contributed by atoms with van der Waals surface area (Å²) in [5, 5.41) is 15.3. The number of benzene rings is 3. The summed E-state index contributed by atoms with van der Waals surface area (Å²) in [5.41, 5.74) is 2.21. The molecule has 1 atom stereocenters. The van der Waals surface area contributed by atoms with Crippen molar-refractivity contribution in [1.82, 2.24) is 19.8 Å². The van der Waals surface area contributed by atoms with Gasteiger partial charge < -0.3 is 20.1 Å². The second-order valence-electron chi connectivity index (χ2n) is 9.94. The number of aromatic nitrogens is 2. The van der Waals surface area contributed by atoms with Crippen LogP contribution in [0.15, 0.2) is 89.8 Å². The zero-order chi connectivity index (χ0) is 31.0. The Balaban J connectivity index is 1.45. The highest BCUT2D eigenvalue weighted by Crippen LogP contribution is 2.32. The number of imidazole rings is 1. The number of rotatable bonds is 10. The molecule has 0 aliphatic carbocycles. The molecule has 2 N–H and O–H groups in total. The first kappa shape index (κ1) is 31.7. The van der Waals surface area contributed by atoms with Gasteiger partial charge in [0.05, 0.1) is 29.9 Å². The van der Waals surface area contributed by atoms with Crippen LogP contribution < -0.4 is 10.6 Å². The van der Waals surface area contributed by atoms with Gasteiger partial charge in [-0.25, -0.2) is 4.98 Å². The summed E-state index contributed by atoms with van der Waals surface area (Å²) in [7, 11) is 0. The summed E-state index contributed by atoms with van der Waals surface area (Å²) in [4.78, 5) is 18.8. The fourth-order valence-electron chi connectivity index (χ4n) is 4.48. The third-order valence-corrected chi connectivity index (χ3v) is 7.43. The van der Waals surface area contributed by atoms with Gasteiger partial charge >= 0.3 is 6.18 Å². The molecule has 1 heterocycles. The van der Waals surface area contributed by atoms with Gasteiger partial charge in [-0.3, -0.25) is 4.79 Å². The Kier molecular flexibility index (Phi) is 10.6. The maximum Gasteiger partial charge on any atom is 0.416 e. The minimum Gasteiger partial charge on any atom is -0.352 e. The van der Waals surface area contributed by atoms with Crippen molar-refractivity contribution < 1.29 is 18.0 Å². The standard InChI is InChI=1S/C31H28BrF3N6OS/c1-21(38-29(42)14-27-16-37-20-41(27)18-23-8-6-22(15-36)7-9-23)17-40(30(43)39-26-12-10-25(32)11-13-26)19-24-4-2-3-5-28(24)31(33,34)35/h2-13,16,20-21H,14,17-19H2,1H3,(H,38,42)(H,39,43)/t21-/m0/s1. The lowest BCUT2D eigenvalue weighted by Crippen LogP contribution is -2.46. The van der Waals surface area contributed by atoms with Gasteiger partial charge in [0.2, 0.25) is 5.91 Å². The van der Waals surface area contributed by atoms with E-state index in [1.54, 1.807) is 54.7 Å². The Bertz CT molecular complexity index is 1600. The van der Waals surface area contributed by atoms with Gasteiger partial charge in [-0.15, -0.1) is 0 Å². The number of thiocarbonyl (C=S) groups is 1. The quantitative estimate of drug-likeness (QED) is 0.187. The van der Waals surface area contributed by atoms with Gasteiger partial charge in [-0.2, -0.15) is 18.4 Å². The van der Waals surface area contributed by atoms with Gasteiger partial charge in [0.25, 0.3) is 0 Å². The molecule has 0 radical (unpaired) electrons. The molecule has 0 spiro atoms. The Morgan fingerprint density at radius 1 is 1.12 bits per heavy atom. The van der Waals surface area contributed by atoms with E-state index in [1.165, 1.54) is 12.1 Å². The van der Waals surface area contributed by atoms with Crippen LogP contribution >= 0.6 is 28.1 Å². The lowest BCUT2D eigenvalue weighted by molar-refractivity contribution is -0.138. The molecule has 0 bridgehead atoms. The van der Waals surface area contributed by atoms with E-state index in [0.717, 1.165) is 16.1 Å². The molecule has 7 nitrogen and oxygen atoms in total. The molecule has 1 amide bonds. The van der Waals surface area contributed by atoms with Gasteiger partial charge in [0, 0.05) is 47.7 Å². The first-order valence-electron chi connectivity index (χ1n) is 13.3. The molecule has 4 rings (SSSR count). The number of hydrogen-bond donors (Lipinski definition) is 2. The number of nitrogens with zero attached hydrogens (tertiary/aromatic N) is 4. The number of halogens is 4. The van der Waals surface area contributed by atoms with E-state index in [1.807, 2.05) is 28.8 Å². The zero-order valence-corrected chi connectivity index (χ0v) is 25.5. The number of amides is 1. The second-order valence-corrected chi connectivity index (χ2v) is 11.2. The molecule has 0 fully saturated rings. The van der Waals surface area contributed by atoms with Gasteiger partial charge in [0.1, 0.15) is 0 Å². The molecule has 0 aliphatic heterocycles. The van der Waals surface area contributed by atoms with E-state index in [2.05, 4.69) is 37.6 Å². The molecule has 0 unspecified atom stereocenters. The minimum absolute atomic E-state index is 0.0547. The van der Waals surface area contributed by atoms with E-state index in [4.69, 9.17) is 17.5 Å². The highest BCUT2D eigenvalue weighted by atomic mass is 79.9. The zero-order valence-electron chi connectivity index (χ0n) is 23.1. The van der Waals surface area contributed by atoms with Crippen LogP contribution in [0.2, 0.25) is 0 Å². The average Bonchev–Trinajstić information content (AvgIpc) is 3.39. The summed E-state index contributed by atoms with van der Waals surface area (Å²) in [6.45, 7) is 2.30. The number of anilines is 1. The first-order valence-corrected chi connectivity index (χ1v) is 14.5. The highest BCUT2D eigenvalue weighted by molar-refractivity contribution is 9.10. The van der Waals surface area contributed by atoms with Crippen molar-refractivity contribution in [3.63, 3.8) is 0 Å². The van der Waals surface area contributed by atoms with Crippen LogP contribution in [0.3, 0.4) is 0 Å². The van der Waals surface area contributed by atoms with Crippen LogP contribution in [-0.2, 0) is 30.5 Å². The van der Waals surface area contributed by atoms with Crippen molar-refractivity contribution in [1.29, 1.82) is 5.26 Å². The largest absolute Gasteiger partial charge is 0.416 e. The lowest BCUT2D eigenvalue weighted by Gasteiger charge is -2.30. The molecule has 222 valence electrons. The molecule has 0 saturated carbocycles. The van der Waals surface area contributed by atoms with Crippen molar-refractivity contribution in [2.24, 2.45) is 0 Å². The van der Waals surface area contributed by atoms with E-state index in [9.17, 15) is 18.0 Å².